The molecule has 2 aromatic rings. The zero-order chi connectivity index (χ0) is 25.9. The van der Waals surface area contributed by atoms with Crippen LogP contribution in [0.4, 0.5) is 18.0 Å². The molecule has 0 aliphatic heterocycles. The van der Waals surface area contributed by atoms with Gasteiger partial charge in [0.05, 0.1) is 0 Å². The highest BCUT2D eigenvalue weighted by Crippen LogP contribution is 2.37. The summed E-state index contributed by atoms with van der Waals surface area (Å²) in [5.74, 6) is -0.254. The molecule has 0 bridgehead atoms. The average molecular weight is 514 g/mol. The fourth-order valence-corrected chi connectivity index (χ4v) is 4.59. The monoisotopic (exact) mass is 513 g/mol. The first kappa shape index (κ1) is 26.8. The molecule has 0 atom stereocenters. The van der Waals surface area contributed by atoms with Crippen LogP contribution in [0.2, 0.25) is 0 Å². The Hall–Kier alpha value is -2.75. The summed E-state index contributed by atoms with van der Waals surface area (Å²) < 4.78 is 69.8. The first-order valence-electron chi connectivity index (χ1n) is 11.4. The number of carbonyl (C=O) groups excluding carboxylic acids is 1. The van der Waals surface area contributed by atoms with E-state index in [9.17, 15) is 26.4 Å². The van der Waals surface area contributed by atoms with Crippen molar-refractivity contribution in [2.24, 2.45) is 0 Å². The highest BCUT2D eigenvalue weighted by Gasteiger charge is 2.48. The molecular formula is C25H30F3NO5S. The minimum Gasteiger partial charge on any atom is -0.444 e. The molecule has 0 N–H and O–H groups in total. The summed E-state index contributed by atoms with van der Waals surface area (Å²) in [7, 11) is -5.70. The van der Waals surface area contributed by atoms with Crippen LogP contribution >= 0.6 is 0 Å². The van der Waals surface area contributed by atoms with Crippen LogP contribution in [0.5, 0.6) is 5.75 Å². The summed E-state index contributed by atoms with van der Waals surface area (Å²) >= 11 is 0. The fraction of sp³-hybridized carbons (Fsp3) is 0.480. The Morgan fingerprint density at radius 2 is 1.51 bits per heavy atom. The number of benzene rings is 2. The summed E-state index contributed by atoms with van der Waals surface area (Å²) in [6.45, 7) is 5.92. The quantitative estimate of drug-likeness (QED) is 0.331. The largest absolute Gasteiger partial charge is 0.534 e. The van der Waals surface area contributed by atoms with E-state index in [1.54, 1.807) is 17.0 Å². The van der Waals surface area contributed by atoms with E-state index >= 15 is 0 Å². The molecule has 1 saturated carbocycles. The number of carbonyl (C=O) groups is 1. The predicted molar refractivity (Wildman–Crippen MR) is 125 cm³/mol. The van der Waals surface area contributed by atoms with Gasteiger partial charge in [0.2, 0.25) is 0 Å². The Balaban J connectivity index is 1.66. The molecule has 1 aliphatic rings. The topological polar surface area (TPSA) is 72.9 Å². The second-order valence-corrected chi connectivity index (χ2v) is 11.2. The molecule has 10 heteroatoms. The first-order valence-corrected chi connectivity index (χ1v) is 12.8. The van der Waals surface area contributed by atoms with Gasteiger partial charge in [-0.25, -0.2) is 4.79 Å². The minimum atomic E-state index is -5.70. The van der Waals surface area contributed by atoms with Crippen LogP contribution in [0.25, 0.3) is 0 Å². The maximum absolute atomic E-state index is 13.0. The Bertz CT molecular complexity index is 1090. The van der Waals surface area contributed by atoms with E-state index in [0.29, 0.717) is 6.54 Å². The van der Waals surface area contributed by atoms with Crippen molar-refractivity contribution >= 4 is 16.2 Å². The molecule has 1 aliphatic carbocycles. The number of hydrogen-bond donors (Lipinski definition) is 0. The van der Waals surface area contributed by atoms with E-state index in [1.165, 1.54) is 12.1 Å². The number of halogens is 3. The number of alkyl halides is 3. The van der Waals surface area contributed by atoms with Gasteiger partial charge in [0.1, 0.15) is 11.4 Å². The Kier molecular flexibility index (Phi) is 8.03. The van der Waals surface area contributed by atoms with Gasteiger partial charge in [-0.1, -0.05) is 42.5 Å². The third kappa shape index (κ3) is 7.37. The summed E-state index contributed by atoms with van der Waals surface area (Å²) in [5.41, 5.74) is -4.21. The molecule has 0 saturated heterocycles. The van der Waals surface area contributed by atoms with Crippen molar-refractivity contribution in [2.45, 2.75) is 76.1 Å². The second kappa shape index (κ2) is 10.5. The lowest BCUT2D eigenvalue weighted by Gasteiger charge is -2.38. The number of nitrogens with zero attached hydrogens (tertiary/aromatic N) is 1. The molecule has 0 unspecified atom stereocenters. The van der Waals surface area contributed by atoms with Crippen LogP contribution in [-0.4, -0.2) is 36.6 Å². The molecule has 6 nitrogen and oxygen atoms in total. The highest BCUT2D eigenvalue weighted by molar-refractivity contribution is 7.88. The molecule has 1 fully saturated rings. The standard InChI is InChI=1S/C25H30F3NO5S/c1-24(2,3)33-23(30)29(17-18-7-5-4-6-8-18)21-13-9-19(10-14-21)20-11-15-22(16-12-20)34-35(31,32)25(26,27)28/h4-8,11-12,15-16,19,21H,9-10,13-14,17H2,1-3H3/t19-,21-. The molecule has 0 spiro atoms. The van der Waals surface area contributed by atoms with Crippen molar-refractivity contribution < 1.29 is 35.3 Å². The van der Waals surface area contributed by atoms with Crippen molar-refractivity contribution in [3.05, 3.63) is 65.7 Å². The molecule has 35 heavy (non-hydrogen) atoms. The van der Waals surface area contributed by atoms with Gasteiger partial charge in [-0.3, -0.25) is 0 Å². The SMILES string of the molecule is CC(C)(C)OC(=O)N(Cc1ccccc1)[C@H]1CC[C@H](c2ccc(OS(=O)(=O)C(F)(F)F)cc2)CC1. The van der Waals surface area contributed by atoms with Crippen molar-refractivity contribution in [2.75, 3.05) is 0 Å². The van der Waals surface area contributed by atoms with Crippen LogP contribution in [0.1, 0.15) is 63.5 Å². The maximum Gasteiger partial charge on any atom is 0.534 e. The Labute approximate surface area is 204 Å². The predicted octanol–water partition coefficient (Wildman–Crippen LogP) is 6.38. The van der Waals surface area contributed by atoms with Gasteiger partial charge in [0.25, 0.3) is 0 Å². The lowest BCUT2D eigenvalue weighted by atomic mass is 9.81. The van der Waals surface area contributed by atoms with E-state index in [2.05, 4.69) is 4.18 Å². The number of ether oxygens (including phenoxy) is 1. The van der Waals surface area contributed by atoms with Crippen molar-refractivity contribution in [1.82, 2.24) is 4.90 Å². The van der Waals surface area contributed by atoms with Gasteiger partial charge < -0.3 is 13.8 Å². The first-order chi connectivity index (χ1) is 16.2. The normalized spacial score (nSPS) is 19.1. The third-order valence-corrected chi connectivity index (χ3v) is 6.78. The maximum atomic E-state index is 13.0. The smallest absolute Gasteiger partial charge is 0.444 e. The molecule has 0 radical (unpaired) electrons. The molecule has 1 amide bonds. The molecule has 3 rings (SSSR count). The molecular weight excluding hydrogens is 483 g/mol. The third-order valence-electron chi connectivity index (χ3n) is 5.80. The van der Waals surface area contributed by atoms with Crippen LogP contribution in [0.3, 0.4) is 0 Å². The zero-order valence-corrected chi connectivity index (χ0v) is 20.7. The van der Waals surface area contributed by atoms with Crippen LogP contribution < -0.4 is 4.18 Å². The molecule has 2 aromatic carbocycles. The molecule has 0 heterocycles. The van der Waals surface area contributed by atoms with Gasteiger partial charge in [0, 0.05) is 12.6 Å². The Morgan fingerprint density at radius 3 is 2.03 bits per heavy atom. The van der Waals surface area contributed by atoms with Gasteiger partial charge >= 0.3 is 21.7 Å². The van der Waals surface area contributed by atoms with Gasteiger partial charge in [-0.2, -0.15) is 21.6 Å². The van der Waals surface area contributed by atoms with Crippen molar-refractivity contribution in [3.8, 4) is 5.75 Å². The van der Waals surface area contributed by atoms with E-state index in [0.717, 1.165) is 36.8 Å². The van der Waals surface area contributed by atoms with E-state index in [-0.39, 0.29) is 18.1 Å². The summed E-state index contributed by atoms with van der Waals surface area (Å²) in [6.07, 6.45) is 2.63. The van der Waals surface area contributed by atoms with Crippen molar-refractivity contribution in [3.63, 3.8) is 0 Å². The second-order valence-electron chi connectivity index (χ2n) is 9.65. The molecule has 0 aromatic heterocycles. The van der Waals surface area contributed by atoms with Crippen molar-refractivity contribution in [1.29, 1.82) is 0 Å². The van der Waals surface area contributed by atoms with Crippen LogP contribution in [0, 0.1) is 0 Å². The zero-order valence-electron chi connectivity index (χ0n) is 19.9. The van der Waals surface area contributed by atoms with Crippen LogP contribution in [-0.2, 0) is 21.4 Å². The highest BCUT2D eigenvalue weighted by atomic mass is 32.2. The number of amides is 1. The van der Waals surface area contributed by atoms with E-state index in [4.69, 9.17) is 4.74 Å². The molecule has 192 valence electrons. The average Bonchev–Trinajstić information content (AvgIpc) is 2.77. The minimum absolute atomic E-state index is 0.0131. The lowest BCUT2D eigenvalue weighted by molar-refractivity contribution is -0.0500. The van der Waals surface area contributed by atoms with Crippen LogP contribution in [0.15, 0.2) is 54.6 Å². The summed E-state index contributed by atoms with van der Waals surface area (Å²) in [5, 5.41) is 0. The van der Waals surface area contributed by atoms with Gasteiger partial charge in [-0.05, 0) is 75.6 Å². The fourth-order valence-electron chi connectivity index (χ4n) is 4.13. The lowest BCUT2D eigenvalue weighted by Crippen LogP contribution is -2.44. The number of hydrogen-bond acceptors (Lipinski definition) is 5. The summed E-state index contributed by atoms with van der Waals surface area (Å²) in [6, 6.07) is 15.3. The van der Waals surface area contributed by atoms with Gasteiger partial charge in [-0.15, -0.1) is 0 Å². The summed E-state index contributed by atoms with van der Waals surface area (Å²) in [4.78, 5) is 14.8. The van der Waals surface area contributed by atoms with Gasteiger partial charge in [0.15, 0.2) is 0 Å². The van der Waals surface area contributed by atoms with E-state index < -0.39 is 27.0 Å². The Morgan fingerprint density at radius 1 is 0.943 bits per heavy atom. The van der Waals surface area contributed by atoms with E-state index in [1.807, 2.05) is 51.1 Å². The number of rotatable bonds is 6.